The van der Waals surface area contributed by atoms with Crippen LogP contribution in [-0.4, -0.2) is 60.4 Å². The van der Waals surface area contributed by atoms with Gasteiger partial charge in [-0.25, -0.2) is 0 Å². The Labute approximate surface area is 139 Å². The Morgan fingerprint density at radius 1 is 1.13 bits per heavy atom. The van der Waals surface area contributed by atoms with E-state index in [0.717, 1.165) is 51.4 Å². The fraction of sp³-hybridized carbons (Fsp3) is 0.889. The average molecular weight is 321 g/mol. The van der Waals surface area contributed by atoms with Crippen molar-refractivity contribution in [2.75, 3.05) is 32.7 Å². The molecule has 3 aliphatic rings. The summed E-state index contributed by atoms with van der Waals surface area (Å²) in [7, 11) is 0. The Hall–Kier alpha value is -1.10. The number of piperidine rings is 1. The molecule has 23 heavy (non-hydrogen) atoms. The lowest BCUT2D eigenvalue weighted by molar-refractivity contribution is -0.140. The highest BCUT2D eigenvalue weighted by Crippen LogP contribution is 2.29. The lowest BCUT2D eigenvalue weighted by Gasteiger charge is -2.41. The SMILES string of the molecule is O=C(CCCC1CCCC1)N1CCCC(N2CCNCC2=O)C1. The van der Waals surface area contributed by atoms with Crippen LogP contribution in [0.4, 0.5) is 0 Å². The van der Waals surface area contributed by atoms with E-state index in [2.05, 4.69) is 5.32 Å². The summed E-state index contributed by atoms with van der Waals surface area (Å²) in [5, 5.41) is 3.12. The van der Waals surface area contributed by atoms with E-state index in [1.54, 1.807) is 0 Å². The van der Waals surface area contributed by atoms with Crippen LogP contribution in [-0.2, 0) is 9.59 Å². The van der Waals surface area contributed by atoms with Gasteiger partial charge in [-0.2, -0.15) is 0 Å². The third kappa shape index (κ3) is 4.46. The highest BCUT2D eigenvalue weighted by Gasteiger charge is 2.31. The molecule has 1 N–H and O–H groups in total. The van der Waals surface area contributed by atoms with Crippen LogP contribution in [0, 0.1) is 5.92 Å². The van der Waals surface area contributed by atoms with Gasteiger partial charge in [-0.15, -0.1) is 0 Å². The van der Waals surface area contributed by atoms with Crippen LogP contribution >= 0.6 is 0 Å². The van der Waals surface area contributed by atoms with Crippen molar-refractivity contribution in [2.24, 2.45) is 5.92 Å². The van der Waals surface area contributed by atoms with E-state index >= 15 is 0 Å². The molecule has 2 amide bonds. The second-order valence-corrected chi connectivity index (χ2v) is 7.44. The summed E-state index contributed by atoms with van der Waals surface area (Å²) >= 11 is 0. The quantitative estimate of drug-likeness (QED) is 0.839. The molecule has 0 aromatic heterocycles. The van der Waals surface area contributed by atoms with Crippen LogP contribution in [0.1, 0.15) is 57.8 Å². The number of nitrogens with one attached hydrogen (secondary N) is 1. The molecule has 2 heterocycles. The van der Waals surface area contributed by atoms with E-state index in [0.29, 0.717) is 18.9 Å². The summed E-state index contributed by atoms with van der Waals surface area (Å²) in [6.45, 7) is 3.73. The van der Waals surface area contributed by atoms with Gasteiger partial charge in [0, 0.05) is 38.6 Å². The molecular formula is C18H31N3O2. The number of carbonyl (C=O) groups is 2. The second kappa shape index (κ2) is 8.13. The Morgan fingerprint density at radius 3 is 2.74 bits per heavy atom. The predicted molar refractivity (Wildman–Crippen MR) is 90.0 cm³/mol. The van der Waals surface area contributed by atoms with Gasteiger partial charge in [0.05, 0.1) is 6.54 Å². The van der Waals surface area contributed by atoms with Crippen LogP contribution in [0.3, 0.4) is 0 Å². The molecule has 0 aromatic carbocycles. The van der Waals surface area contributed by atoms with Gasteiger partial charge in [0.25, 0.3) is 0 Å². The van der Waals surface area contributed by atoms with Gasteiger partial charge in [0.1, 0.15) is 0 Å². The van der Waals surface area contributed by atoms with Crippen molar-refractivity contribution in [3.8, 4) is 0 Å². The first kappa shape index (κ1) is 16.7. The van der Waals surface area contributed by atoms with Gasteiger partial charge < -0.3 is 15.1 Å². The van der Waals surface area contributed by atoms with Crippen molar-refractivity contribution in [1.82, 2.24) is 15.1 Å². The zero-order valence-electron chi connectivity index (χ0n) is 14.3. The lowest BCUT2D eigenvalue weighted by atomic mass is 9.99. The zero-order valence-corrected chi connectivity index (χ0v) is 14.3. The fourth-order valence-corrected chi connectivity index (χ4v) is 4.44. The molecular weight excluding hydrogens is 290 g/mol. The zero-order chi connectivity index (χ0) is 16.1. The first-order valence-corrected chi connectivity index (χ1v) is 9.52. The molecule has 2 saturated heterocycles. The van der Waals surface area contributed by atoms with Gasteiger partial charge in [0.2, 0.25) is 11.8 Å². The number of likely N-dealkylation sites (tertiary alicyclic amines) is 1. The van der Waals surface area contributed by atoms with Crippen molar-refractivity contribution in [2.45, 2.75) is 63.8 Å². The molecule has 0 radical (unpaired) electrons. The first-order chi connectivity index (χ1) is 11.2. The van der Waals surface area contributed by atoms with E-state index in [1.165, 1.54) is 32.1 Å². The maximum absolute atomic E-state index is 12.5. The second-order valence-electron chi connectivity index (χ2n) is 7.44. The molecule has 0 spiro atoms. The van der Waals surface area contributed by atoms with Crippen LogP contribution in [0.15, 0.2) is 0 Å². The number of rotatable bonds is 5. The number of carbonyl (C=O) groups excluding carboxylic acids is 2. The van der Waals surface area contributed by atoms with Crippen molar-refractivity contribution >= 4 is 11.8 Å². The molecule has 3 fully saturated rings. The summed E-state index contributed by atoms with van der Waals surface area (Å²) in [5.41, 5.74) is 0. The summed E-state index contributed by atoms with van der Waals surface area (Å²) in [6, 6.07) is 0.233. The van der Waals surface area contributed by atoms with Crippen LogP contribution < -0.4 is 5.32 Å². The molecule has 3 rings (SSSR count). The topological polar surface area (TPSA) is 52.7 Å². The van der Waals surface area contributed by atoms with Crippen LogP contribution in [0.2, 0.25) is 0 Å². The van der Waals surface area contributed by atoms with E-state index in [4.69, 9.17) is 0 Å². The van der Waals surface area contributed by atoms with Crippen molar-refractivity contribution in [3.05, 3.63) is 0 Å². The molecule has 0 bridgehead atoms. The summed E-state index contributed by atoms with van der Waals surface area (Å²) < 4.78 is 0. The Balaban J connectivity index is 1.43. The normalized spacial score (nSPS) is 26.8. The number of hydrogen-bond acceptors (Lipinski definition) is 3. The van der Waals surface area contributed by atoms with E-state index in [-0.39, 0.29) is 11.9 Å². The Morgan fingerprint density at radius 2 is 1.96 bits per heavy atom. The highest BCUT2D eigenvalue weighted by molar-refractivity contribution is 5.80. The molecule has 5 heteroatoms. The predicted octanol–water partition coefficient (Wildman–Crippen LogP) is 1.77. The van der Waals surface area contributed by atoms with Gasteiger partial charge in [-0.3, -0.25) is 9.59 Å². The molecule has 130 valence electrons. The van der Waals surface area contributed by atoms with Crippen molar-refractivity contribution in [3.63, 3.8) is 0 Å². The van der Waals surface area contributed by atoms with Crippen molar-refractivity contribution in [1.29, 1.82) is 0 Å². The molecule has 0 aromatic rings. The van der Waals surface area contributed by atoms with Gasteiger partial charge in [0.15, 0.2) is 0 Å². The molecule has 1 unspecified atom stereocenters. The molecule has 5 nitrogen and oxygen atoms in total. The van der Waals surface area contributed by atoms with E-state index in [1.807, 2.05) is 9.80 Å². The fourth-order valence-electron chi connectivity index (χ4n) is 4.44. The Bertz CT molecular complexity index is 420. The minimum atomic E-state index is 0.191. The summed E-state index contributed by atoms with van der Waals surface area (Å²) in [5.74, 6) is 1.36. The average Bonchev–Trinajstić information content (AvgIpc) is 3.09. The standard InChI is InChI=1S/C18H31N3O2/c22-17(9-3-7-15-5-1-2-6-15)20-11-4-8-16(14-20)21-12-10-19-13-18(21)23/h15-16,19H,1-14H2. The van der Waals surface area contributed by atoms with Crippen LogP contribution in [0.25, 0.3) is 0 Å². The maximum Gasteiger partial charge on any atom is 0.236 e. The van der Waals surface area contributed by atoms with E-state index in [9.17, 15) is 9.59 Å². The molecule has 1 atom stereocenters. The summed E-state index contributed by atoms with van der Waals surface area (Å²) in [4.78, 5) is 28.5. The highest BCUT2D eigenvalue weighted by atomic mass is 16.2. The summed E-state index contributed by atoms with van der Waals surface area (Å²) in [6.07, 6.45) is 10.5. The smallest absolute Gasteiger partial charge is 0.236 e. The first-order valence-electron chi connectivity index (χ1n) is 9.52. The number of nitrogens with zero attached hydrogens (tertiary/aromatic N) is 2. The van der Waals surface area contributed by atoms with E-state index < -0.39 is 0 Å². The van der Waals surface area contributed by atoms with Gasteiger partial charge >= 0.3 is 0 Å². The maximum atomic E-state index is 12.5. The molecule has 1 saturated carbocycles. The third-order valence-corrected chi connectivity index (χ3v) is 5.79. The monoisotopic (exact) mass is 321 g/mol. The minimum absolute atomic E-state index is 0.191. The minimum Gasteiger partial charge on any atom is -0.341 e. The largest absolute Gasteiger partial charge is 0.341 e. The number of amides is 2. The molecule has 2 aliphatic heterocycles. The third-order valence-electron chi connectivity index (χ3n) is 5.79. The number of hydrogen-bond donors (Lipinski definition) is 1. The lowest BCUT2D eigenvalue weighted by Crippen LogP contribution is -2.57. The Kier molecular flexibility index (Phi) is 5.92. The van der Waals surface area contributed by atoms with Crippen molar-refractivity contribution < 1.29 is 9.59 Å². The van der Waals surface area contributed by atoms with Gasteiger partial charge in [-0.05, 0) is 31.6 Å². The van der Waals surface area contributed by atoms with Crippen LogP contribution in [0.5, 0.6) is 0 Å². The molecule has 1 aliphatic carbocycles. The van der Waals surface area contributed by atoms with Gasteiger partial charge in [-0.1, -0.05) is 25.7 Å². The number of piperazine rings is 1.